The molecule has 2 aliphatic rings. The van der Waals surface area contributed by atoms with Gasteiger partial charge in [-0.1, -0.05) is 14.9 Å². The lowest BCUT2D eigenvalue weighted by molar-refractivity contribution is -0.156. The highest BCUT2D eigenvalue weighted by molar-refractivity contribution is 7.19. The second-order valence-electron chi connectivity index (χ2n) is 13.5. The molecule has 6 rings (SSSR count). The number of aromatic nitrogens is 4. The van der Waals surface area contributed by atoms with Crippen LogP contribution in [0, 0.1) is 33.6 Å². The van der Waals surface area contributed by atoms with E-state index in [1.807, 2.05) is 20.8 Å². The Balaban J connectivity index is 0.000000326. The van der Waals surface area contributed by atoms with Crippen LogP contribution in [0.1, 0.15) is 114 Å². The van der Waals surface area contributed by atoms with Crippen molar-refractivity contribution in [1.82, 2.24) is 19.9 Å². The summed E-state index contributed by atoms with van der Waals surface area (Å²) < 4.78 is 17.8. The van der Waals surface area contributed by atoms with Gasteiger partial charge in [0.2, 0.25) is 11.8 Å². The number of nitrogens with zero attached hydrogens (tertiary/aromatic N) is 4. The molecule has 0 aromatic carbocycles. The first-order valence-corrected chi connectivity index (χ1v) is 17.7. The monoisotopic (exact) mass is 721 g/mol. The number of halogens is 1. The Morgan fingerprint density at radius 3 is 1.58 bits per heavy atom. The first kappa shape index (κ1) is 41.6. The van der Waals surface area contributed by atoms with E-state index < -0.39 is 5.60 Å². The molecule has 0 amide bonds. The molecule has 0 saturated heterocycles. The summed E-state index contributed by atoms with van der Waals surface area (Å²) >= 11 is 3.39. The van der Waals surface area contributed by atoms with Crippen molar-refractivity contribution in [2.45, 2.75) is 145 Å². The number of carbonyl (C=O) groups excluding carboxylic acids is 1. The van der Waals surface area contributed by atoms with Crippen molar-refractivity contribution in [3.63, 3.8) is 0 Å². The third-order valence-corrected chi connectivity index (χ3v) is 11.0. The van der Waals surface area contributed by atoms with Crippen LogP contribution in [0.5, 0.6) is 11.8 Å². The largest absolute Gasteiger partial charge is 0.474 e. The molecule has 0 bridgehead atoms. The van der Waals surface area contributed by atoms with Gasteiger partial charge >= 0.3 is 5.97 Å². The highest BCUT2D eigenvalue weighted by Gasteiger charge is 2.28. The zero-order chi connectivity index (χ0) is 32.3. The summed E-state index contributed by atoms with van der Waals surface area (Å²) in [5, 5.41) is 2.13. The molecule has 4 heterocycles. The van der Waals surface area contributed by atoms with Crippen LogP contribution in [0.15, 0.2) is 12.7 Å². The predicted molar refractivity (Wildman–Crippen MR) is 202 cm³/mol. The van der Waals surface area contributed by atoms with Gasteiger partial charge in [0.15, 0.2) is 0 Å². The van der Waals surface area contributed by atoms with Gasteiger partial charge in [0.1, 0.15) is 40.1 Å². The van der Waals surface area contributed by atoms with E-state index in [-0.39, 0.29) is 45.4 Å². The number of hydrogen-bond donors (Lipinski definition) is 1. The van der Waals surface area contributed by atoms with Crippen molar-refractivity contribution in [2.75, 3.05) is 0 Å². The number of hydrogen-bond acceptors (Lipinski definition) is 11. The molecule has 0 atom stereocenters. The molecule has 9 nitrogen and oxygen atoms in total. The molecule has 4 aromatic heterocycles. The van der Waals surface area contributed by atoms with E-state index in [1.165, 1.54) is 20.9 Å². The normalized spacial score (nSPS) is 20.8. The SMILES string of the molecule is C.C.Cc1sc2ncnc(OC3CCC(CC(=O)OC(C)(C)C)CC3)c2c1C.Cc1sc2ncnc(OC3CCC(N)CC3)c2c1C.Cl. The molecule has 0 spiro atoms. The van der Waals surface area contributed by atoms with Gasteiger partial charge in [-0.05, 0) is 117 Å². The van der Waals surface area contributed by atoms with Gasteiger partial charge in [-0.3, -0.25) is 4.79 Å². The molecule has 2 saturated carbocycles. The Kier molecular flexibility index (Phi) is 15.5. The van der Waals surface area contributed by atoms with Gasteiger partial charge in [-0.25, -0.2) is 19.9 Å². The molecule has 2 aliphatic carbocycles. The number of aryl methyl sites for hydroxylation is 4. The fourth-order valence-corrected chi connectivity index (χ4v) is 8.05. The minimum absolute atomic E-state index is 0. The van der Waals surface area contributed by atoms with Crippen LogP contribution in [-0.2, 0) is 9.53 Å². The second-order valence-corrected chi connectivity index (χ2v) is 15.9. The van der Waals surface area contributed by atoms with Gasteiger partial charge in [0.25, 0.3) is 0 Å². The molecule has 48 heavy (non-hydrogen) atoms. The average molecular weight is 722 g/mol. The quantitative estimate of drug-likeness (QED) is 0.194. The van der Waals surface area contributed by atoms with E-state index in [9.17, 15) is 4.79 Å². The molecule has 0 radical (unpaired) electrons. The highest BCUT2D eigenvalue weighted by Crippen LogP contribution is 2.37. The minimum Gasteiger partial charge on any atom is -0.474 e. The van der Waals surface area contributed by atoms with Crippen LogP contribution in [0.2, 0.25) is 0 Å². The van der Waals surface area contributed by atoms with E-state index in [0.29, 0.717) is 24.3 Å². The summed E-state index contributed by atoms with van der Waals surface area (Å²) in [5.41, 5.74) is 7.97. The summed E-state index contributed by atoms with van der Waals surface area (Å²) in [7, 11) is 0. The highest BCUT2D eigenvalue weighted by atomic mass is 35.5. The molecule has 0 aliphatic heterocycles. The van der Waals surface area contributed by atoms with Crippen molar-refractivity contribution in [1.29, 1.82) is 0 Å². The Hall–Kier alpha value is -2.60. The van der Waals surface area contributed by atoms with Crippen molar-refractivity contribution >= 4 is 61.5 Å². The van der Waals surface area contributed by atoms with Crippen molar-refractivity contribution in [3.8, 4) is 11.8 Å². The number of esters is 1. The van der Waals surface area contributed by atoms with Crippen LogP contribution in [0.3, 0.4) is 0 Å². The maximum Gasteiger partial charge on any atom is 0.306 e. The van der Waals surface area contributed by atoms with Crippen LogP contribution in [0.4, 0.5) is 0 Å². The standard InChI is InChI=1S/C20H28N2O3S.C14H19N3OS.2CH4.ClH/c1-12-13(2)26-19-17(12)18(21-11-22-19)24-15-8-6-14(7-9-15)10-16(23)25-20(3,4)5;1-8-9(2)19-14-12(8)13(16-7-17-14)18-11-5-3-10(15)4-6-11;;;/h11,14-15H,6-10H2,1-5H3;7,10-11H,3-6,15H2,1-2H3;2*1H4;1H. The van der Waals surface area contributed by atoms with Gasteiger partial charge in [-0.15, -0.1) is 35.1 Å². The summed E-state index contributed by atoms with van der Waals surface area (Å²) in [6.07, 6.45) is 12.1. The first-order valence-electron chi connectivity index (χ1n) is 16.1. The fraction of sp³-hybridized carbons (Fsp3) is 0.639. The lowest BCUT2D eigenvalue weighted by Gasteiger charge is -2.29. The van der Waals surface area contributed by atoms with Gasteiger partial charge in [0, 0.05) is 22.2 Å². The number of thiophene rings is 2. The van der Waals surface area contributed by atoms with E-state index in [2.05, 4.69) is 47.6 Å². The number of ether oxygens (including phenoxy) is 3. The van der Waals surface area contributed by atoms with E-state index in [0.717, 1.165) is 77.7 Å². The van der Waals surface area contributed by atoms with Crippen LogP contribution < -0.4 is 15.2 Å². The summed E-state index contributed by atoms with van der Waals surface area (Å²) in [5.74, 6) is 1.74. The van der Waals surface area contributed by atoms with Crippen LogP contribution >= 0.6 is 35.1 Å². The third kappa shape index (κ3) is 10.5. The number of fused-ring (bicyclic) bond motifs is 2. The lowest BCUT2D eigenvalue weighted by Crippen LogP contribution is -2.31. The average Bonchev–Trinajstić information content (AvgIpc) is 3.44. The van der Waals surface area contributed by atoms with E-state index in [1.54, 1.807) is 35.3 Å². The van der Waals surface area contributed by atoms with Crippen molar-refractivity contribution < 1.29 is 19.0 Å². The van der Waals surface area contributed by atoms with Gasteiger partial charge < -0.3 is 19.9 Å². The zero-order valence-corrected chi connectivity index (χ0v) is 30.5. The van der Waals surface area contributed by atoms with Crippen molar-refractivity contribution in [2.24, 2.45) is 11.7 Å². The topological polar surface area (TPSA) is 122 Å². The second kappa shape index (κ2) is 17.9. The maximum atomic E-state index is 12.0. The lowest BCUT2D eigenvalue weighted by atomic mass is 9.85. The third-order valence-electron chi connectivity index (χ3n) is 8.81. The Morgan fingerprint density at radius 2 is 1.17 bits per heavy atom. The van der Waals surface area contributed by atoms with Gasteiger partial charge in [-0.2, -0.15) is 0 Å². The molecule has 268 valence electrons. The Labute approximate surface area is 301 Å². The summed E-state index contributed by atoms with van der Waals surface area (Å²) in [6, 6.07) is 0.343. The zero-order valence-electron chi connectivity index (χ0n) is 28.1. The molecule has 2 fully saturated rings. The Bertz CT molecular complexity index is 1620. The summed E-state index contributed by atoms with van der Waals surface area (Å²) in [4.78, 5) is 34.0. The fourth-order valence-electron chi connectivity index (χ4n) is 6.07. The number of nitrogens with two attached hydrogens (primary N) is 1. The molecule has 2 N–H and O–H groups in total. The molecular formula is C36H56ClN5O4S2. The molecule has 12 heteroatoms. The molecular weight excluding hydrogens is 666 g/mol. The van der Waals surface area contributed by atoms with Gasteiger partial charge in [0.05, 0.1) is 10.8 Å². The maximum absolute atomic E-state index is 12.0. The summed E-state index contributed by atoms with van der Waals surface area (Å²) in [6.45, 7) is 14.2. The van der Waals surface area contributed by atoms with E-state index >= 15 is 0 Å². The van der Waals surface area contributed by atoms with Crippen molar-refractivity contribution in [3.05, 3.63) is 33.5 Å². The molecule has 0 unspecified atom stereocenters. The minimum atomic E-state index is -0.410. The smallest absolute Gasteiger partial charge is 0.306 e. The van der Waals surface area contributed by atoms with Crippen LogP contribution in [0.25, 0.3) is 20.4 Å². The molecule has 4 aromatic rings. The Morgan fingerprint density at radius 1 is 0.750 bits per heavy atom. The number of rotatable bonds is 6. The first-order chi connectivity index (χ1) is 21.4. The van der Waals surface area contributed by atoms with E-state index in [4.69, 9.17) is 19.9 Å². The van der Waals surface area contributed by atoms with Crippen LogP contribution in [-0.4, -0.2) is 49.8 Å². The predicted octanol–water partition coefficient (Wildman–Crippen LogP) is 9.63. The number of carbonyl (C=O) groups is 1.